The van der Waals surface area contributed by atoms with E-state index < -0.39 is 0 Å². The molecule has 0 aliphatic carbocycles. The highest BCUT2D eigenvalue weighted by Crippen LogP contribution is 2.39. The van der Waals surface area contributed by atoms with E-state index in [1.807, 2.05) is 6.92 Å². The molecule has 0 saturated carbocycles. The van der Waals surface area contributed by atoms with Gasteiger partial charge in [0.25, 0.3) is 0 Å². The van der Waals surface area contributed by atoms with Gasteiger partial charge in [-0.25, -0.2) is 0 Å². The number of halogens is 3. The average Bonchev–Trinajstić information content (AvgIpc) is 2.72. The lowest BCUT2D eigenvalue weighted by atomic mass is 10.0. The summed E-state index contributed by atoms with van der Waals surface area (Å²) in [4.78, 5) is 1.17. The van der Waals surface area contributed by atoms with Gasteiger partial charge < -0.3 is 5.32 Å². The molecule has 1 unspecified atom stereocenters. The van der Waals surface area contributed by atoms with Gasteiger partial charge in [-0.1, -0.05) is 50.4 Å². The van der Waals surface area contributed by atoms with Crippen LogP contribution in [-0.4, -0.2) is 6.54 Å². The van der Waals surface area contributed by atoms with E-state index in [1.54, 1.807) is 11.3 Å². The zero-order chi connectivity index (χ0) is 14.9. The normalized spacial score (nSPS) is 12.7. The molecular weight excluding hydrogens is 422 g/mol. The first-order valence-electron chi connectivity index (χ1n) is 6.38. The zero-order valence-corrected chi connectivity index (χ0v) is 16.3. The number of thiophene rings is 1. The summed E-state index contributed by atoms with van der Waals surface area (Å²) in [5.74, 6) is 0. The highest BCUT2D eigenvalue weighted by Gasteiger charge is 2.22. The van der Waals surface area contributed by atoms with Gasteiger partial charge in [0.15, 0.2) is 0 Å². The van der Waals surface area contributed by atoms with Gasteiger partial charge in [0, 0.05) is 13.8 Å². The maximum absolute atomic E-state index is 6.46. The Morgan fingerprint density at radius 1 is 1.20 bits per heavy atom. The number of nitrogens with one attached hydrogen (secondary N) is 1. The van der Waals surface area contributed by atoms with Crippen molar-refractivity contribution in [3.05, 3.63) is 53.0 Å². The largest absolute Gasteiger partial charge is 0.306 e. The Morgan fingerprint density at radius 3 is 2.45 bits per heavy atom. The van der Waals surface area contributed by atoms with Crippen molar-refractivity contribution < 1.29 is 0 Å². The van der Waals surface area contributed by atoms with E-state index in [9.17, 15) is 0 Å². The van der Waals surface area contributed by atoms with Crippen molar-refractivity contribution >= 4 is 54.8 Å². The van der Waals surface area contributed by atoms with Crippen molar-refractivity contribution in [3.8, 4) is 0 Å². The van der Waals surface area contributed by atoms with E-state index in [0.29, 0.717) is 0 Å². The van der Waals surface area contributed by atoms with Crippen LogP contribution in [0.25, 0.3) is 0 Å². The Kier molecular flexibility index (Phi) is 5.71. The molecule has 2 aromatic rings. The minimum atomic E-state index is 0.109. The molecule has 0 radical (unpaired) electrons. The maximum Gasteiger partial charge on any atom is 0.0697 e. The lowest BCUT2D eigenvalue weighted by Crippen LogP contribution is -2.22. The van der Waals surface area contributed by atoms with Gasteiger partial charge in [0.05, 0.1) is 11.1 Å². The van der Waals surface area contributed by atoms with Gasteiger partial charge in [-0.2, -0.15) is 0 Å². The summed E-state index contributed by atoms with van der Waals surface area (Å²) in [6.45, 7) is 7.13. The topological polar surface area (TPSA) is 12.0 Å². The van der Waals surface area contributed by atoms with Crippen LogP contribution < -0.4 is 5.32 Å². The van der Waals surface area contributed by atoms with E-state index in [2.05, 4.69) is 68.5 Å². The van der Waals surface area contributed by atoms with Gasteiger partial charge in [-0.3, -0.25) is 0 Å². The molecule has 20 heavy (non-hydrogen) atoms. The van der Waals surface area contributed by atoms with E-state index >= 15 is 0 Å². The van der Waals surface area contributed by atoms with Gasteiger partial charge in [-0.05, 0) is 54.6 Å². The van der Waals surface area contributed by atoms with Crippen LogP contribution in [0.15, 0.2) is 26.5 Å². The third kappa shape index (κ3) is 3.30. The second kappa shape index (κ2) is 6.93. The van der Waals surface area contributed by atoms with Crippen molar-refractivity contribution in [2.75, 3.05) is 6.54 Å². The number of rotatable bonds is 4. The molecule has 1 aromatic heterocycles. The smallest absolute Gasteiger partial charge is 0.0697 e. The molecule has 1 aromatic carbocycles. The Bertz CT molecular complexity index is 625. The highest BCUT2D eigenvalue weighted by molar-refractivity contribution is 9.11. The van der Waals surface area contributed by atoms with Crippen LogP contribution in [0, 0.1) is 13.8 Å². The van der Waals surface area contributed by atoms with Crippen molar-refractivity contribution in [2.45, 2.75) is 26.8 Å². The van der Waals surface area contributed by atoms with Gasteiger partial charge in [-0.15, -0.1) is 11.3 Å². The third-order valence-corrected chi connectivity index (χ3v) is 6.50. The van der Waals surface area contributed by atoms with Crippen LogP contribution in [-0.2, 0) is 0 Å². The Labute approximate surface area is 146 Å². The molecule has 108 valence electrons. The third-order valence-electron chi connectivity index (χ3n) is 3.18. The molecular formula is C15H16Br2ClNS. The van der Waals surface area contributed by atoms with Gasteiger partial charge >= 0.3 is 0 Å². The van der Waals surface area contributed by atoms with Crippen LogP contribution in [0.2, 0.25) is 5.02 Å². The second-order valence-corrected chi connectivity index (χ2v) is 7.71. The molecule has 1 heterocycles. The molecule has 5 heteroatoms. The predicted octanol–water partition coefficient (Wildman–Crippen LogP) is 6.24. The van der Waals surface area contributed by atoms with Gasteiger partial charge in [0.1, 0.15) is 0 Å². The fourth-order valence-corrected chi connectivity index (χ4v) is 4.52. The Morgan fingerprint density at radius 2 is 1.90 bits per heavy atom. The number of hydrogen-bond acceptors (Lipinski definition) is 2. The maximum atomic E-state index is 6.46. The quantitative estimate of drug-likeness (QED) is 0.597. The fourth-order valence-electron chi connectivity index (χ4n) is 2.08. The summed E-state index contributed by atoms with van der Waals surface area (Å²) in [6.07, 6.45) is 0. The SMILES string of the molecule is CCNC(c1cc(Br)c(C)cc1Br)c1scc(C)c1Cl. The number of aryl methyl sites for hydroxylation is 2. The van der Waals surface area contributed by atoms with E-state index in [4.69, 9.17) is 11.6 Å². The van der Waals surface area contributed by atoms with Crippen molar-refractivity contribution in [1.82, 2.24) is 5.32 Å². The molecule has 0 aliphatic heterocycles. The lowest BCUT2D eigenvalue weighted by molar-refractivity contribution is 0.637. The molecule has 0 bridgehead atoms. The molecule has 1 nitrogen and oxygen atoms in total. The van der Waals surface area contributed by atoms with E-state index in [0.717, 1.165) is 26.1 Å². The second-order valence-electron chi connectivity index (χ2n) is 4.71. The molecule has 1 N–H and O–H groups in total. The summed E-state index contributed by atoms with van der Waals surface area (Å²) in [6, 6.07) is 4.41. The minimum Gasteiger partial charge on any atom is -0.306 e. The zero-order valence-electron chi connectivity index (χ0n) is 11.6. The van der Waals surface area contributed by atoms with E-state index in [1.165, 1.54) is 16.0 Å². The summed E-state index contributed by atoms with van der Waals surface area (Å²) in [7, 11) is 0. The molecule has 0 aliphatic rings. The molecule has 0 saturated heterocycles. The van der Waals surface area contributed by atoms with Crippen LogP contribution in [0.3, 0.4) is 0 Å². The Hall–Kier alpha value is 0.130. The standard InChI is InChI=1S/C15H16Br2ClNS/c1-4-19-14(15-13(18)9(3)7-20-15)10-6-11(16)8(2)5-12(10)17/h5-7,14,19H,4H2,1-3H3. The summed E-state index contributed by atoms with van der Waals surface area (Å²) >= 11 is 15.5. The Balaban J connectivity index is 2.54. The number of benzene rings is 1. The minimum absolute atomic E-state index is 0.109. The van der Waals surface area contributed by atoms with Crippen molar-refractivity contribution in [1.29, 1.82) is 0 Å². The van der Waals surface area contributed by atoms with Crippen LogP contribution in [0.1, 0.15) is 34.5 Å². The van der Waals surface area contributed by atoms with Crippen LogP contribution in [0.5, 0.6) is 0 Å². The molecule has 0 spiro atoms. The van der Waals surface area contributed by atoms with Crippen molar-refractivity contribution in [2.24, 2.45) is 0 Å². The fraction of sp³-hybridized carbons (Fsp3) is 0.333. The van der Waals surface area contributed by atoms with Crippen LogP contribution >= 0.6 is 54.8 Å². The first-order valence-corrected chi connectivity index (χ1v) is 9.22. The first-order chi connectivity index (χ1) is 9.45. The first kappa shape index (κ1) is 16.5. The van der Waals surface area contributed by atoms with Crippen molar-refractivity contribution in [3.63, 3.8) is 0 Å². The highest BCUT2D eigenvalue weighted by atomic mass is 79.9. The van der Waals surface area contributed by atoms with E-state index in [-0.39, 0.29) is 6.04 Å². The summed E-state index contributed by atoms with van der Waals surface area (Å²) in [5.41, 5.74) is 3.55. The number of hydrogen-bond donors (Lipinski definition) is 1. The molecule has 1 atom stereocenters. The predicted molar refractivity (Wildman–Crippen MR) is 96.2 cm³/mol. The summed E-state index contributed by atoms with van der Waals surface area (Å²) in [5, 5.41) is 6.51. The lowest BCUT2D eigenvalue weighted by Gasteiger charge is -2.20. The van der Waals surface area contributed by atoms with Gasteiger partial charge in [0.2, 0.25) is 0 Å². The molecule has 0 fully saturated rings. The molecule has 2 rings (SSSR count). The molecule has 0 amide bonds. The monoisotopic (exact) mass is 435 g/mol. The average molecular weight is 438 g/mol. The summed E-state index contributed by atoms with van der Waals surface area (Å²) < 4.78 is 2.22. The van der Waals surface area contributed by atoms with Crippen LogP contribution in [0.4, 0.5) is 0 Å².